The molecule has 0 radical (unpaired) electrons. The molecule has 0 amide bonds. The van der Waals surface area contributed by atoms with Crippen molar-refractivity contribution in [3.05, 3.63) is 33.9 Å². The molecule has 0 bridgehead atoms. The topological polar surface area (TPSA) is 79.0 Å². The summed E-state index contributed by atoms with van der Waals surface area (Å²) in [6.07, 6.45) is 0. The van der Waals surface area contributed by atoms with E-state index in [0.29, 0.717) is 17.8 Å². The molecular formula is C12H15N3O2. The minimum absolute atomic E-state index is 0.00625. The summed E-state index contributed by atoms with van der Waals surface area (Å²) in [7, 11) is 0. The molecule has 0 atom stereocenters. The van der Waals surface area contributed by atoms with Crippen molar-refractivity contribution in [2.24, 2.45) is 5.41 Å². The van der Waals surface area contributed by atoms with Gasteiger partial charge in [-0.1, -0.05) is 20.8 Å². The van der Waals surface area contributed by atoms with Crippen LogP contribution in [0.15, 0.2) is 18.2 Å². The number of rotatable bonds is 3. The third kappa shape index (κ3) is 3.76. The molecule has 1 aromatic carbocycles. The van der Waals surface area contributed by atoms with Crippen molar-refractivity contribution >= 4 is 11.4 Å². The second-order valence-corrected chi connectivity index (χ2v) is 5.02. The molecule has 0 heterocycles. The quantitative estimate of drug-likeness (QED) is 0.643. The highest BCUT2D eigenvalue weighted by molar-refractivity contribution is 5.64. The summed E-state index contributed by atoms with van der Waals surface area (Å²) < 4.78 is 0. The van der Waals surface area contributed by atoms with E-state index in [4.69, 9.17) is 5.26 Å². The summed E-state index contributed by atoms with van der Waals surface area (Å²) in [5, 5.41) is 22.6. The van der Waals surface area contributed by atoms with E-state index in [-0.39, 0.29) is 11.1 Å². The number of nitrogens with one attached hydrogen (secondary N) is 1. The molecule has 0 aliphatic heterocycles. The third-order valence-corrected chi connectivity index (χ3v) is 2.13. The van der Waals surface area contributed by atoms with Crippen molar-refractivity contribution in [2.45, 2.75) is 20.8 Å². The van der Waals surface area contributed by atoms with E-state index in [2.05, 4.69) is 5.32 Å². The van der Waals surface area contributed by atoms with Crippen molar-refractivity contribution < 1.29 is 4.92 Å². The molecule has 0 unspecified atom stereocenters. The van der Waals surface area contributed by atoms with E-state index >= 15 is 0 Å². The van der Waals surface area contributed by atoms with Crippen LogP contribution in [0.25, 0.3) is 0 Å². The zero-order valence-electron chi connectivity index (χ0n) is 10.2. The molecule has 1 aromatic rings. The number of nitrogens with zero attached hydrogens (tertiary/aromatic N) is 2. The van der Waals surface area contributed by atoms with Gasteiger partial charge in [-0.05, 0) is 17.5 Å². The van der Waals surface area contributed by atoms with Crippen LogP contribution in [-0.4, -0.2) is 11.5 Å². The summed E-state index contributed by atoms with van der Waals surface area (Å²) in [4.78, 5) is 10.4. The van der Waals surface area contributed by atoms with Crippen molar-refractivity contribution in [1.82, 2.24) is 0 Å². The number of hydrogen-bond acceptors (Lipinski definition) is 4. The maximum absolute atomic E-state index is 10.8. The Labute approximate surface area is 100 Å². The summed E-state index contributed by atoms with van der Waals surface area (Å²) in [6, 6.07) is 6.27. The van der Waals surface area contributed by atoms with E-state index in [9.17, 15) is 10.1 Å². The first kappa shape index (κ1) is 13.0. The predicted octanol–water partition coefficient (Wildman–Crippen LogP) is 2.92. The molecular weight excluding hydrogens is 218 g/mol. The van der Waals surface area contributed by atoms with Gasteiger partial charge in [0.25, 0.3) is 5.69 Å². The molecule has 1 N–H and O–H groups in total. The van der Waals surface area contributed by atoms with Gasteiger partial charge < -0.3 is 5.32 Å². The minimum Gasteiger partial charge on any atom is -0.379 e. The highest BCUT2D eigenvalue weighted by Gasteiger charge is 2.16. The van der Waals surface area contributed by atoms with Gasteiger partial charge in [0.05, 0.1) is 16.6 Å². The van der Waals surface area contributed by atoms with Gasteiger partial charge >= 0.3 is 0 Å². The fraction of sp³-hybridized carbons (Fsp3) is 0.417. The van der Waals surface area contributed by atoms with Crippen LogP contribution in [0.5, 0.6) is 0 Å². The summed E-state index contributed by atoms with van der Waals surface area (Å²) in [5.74, 6) is 0. The zero-order valence-corrected chi connectivity index (χ0v) is 10.2. The second kappa shape index (κ2) is 4.83. The van der Waals surface area contributed by atoms with Gasteiger partial charge in [-0.15, -0.1) is 0 Å². The standard InChI is InChI=1S/C12H15N3O2/c1-12(2,3)8-14-10-6-9(7-13)4-5-11(10)15(16)17/h4-6,14H,8H2,1-3H3. The normalized spacial score (nSPS) is 10.7. The highest BCUT2D eigenvalue weighted by atomic mass is 16.6. The Kier molecular flexibility index (Phi) is 3.69. The van der Waals surface area contributed by atoms with Crippen molar-refractivity contribution in [3.8, 4) is 6.07 Å². The number of nitriles is 1. The van der Waals surface area contributed by atoms with Crippen LogP contribution in [0.1, 0.15) is 26.3 Å². The molecule has 0 aromatic heterocycles. The van der Waals surface area contributed by atoms with Crippen molar-refractivity contribution in [2.75, 3.05) is 11.9 Å². The van der Waals surface area contributed by atoms with Gasteiger partial charge in [0.2, 0.25) is 0 Å². The maximum Gasteiger partial charge on any atom is 0.292 e. The Morgan fingerprint density at radius 1 is 1.47 bits per heavy atom. The average Bonchev–Trinajstić information content (AvgIpc) is 2.24. The average molecular weight is 233 g/mol. The lowest BCUT2D eigenvalue weighted by molar-refractivity contribution is -0.384. The van der Waals surface area contributed by atoms with E-state index in [1.54, 1.807) is 0 Å². The van der Waals surface area contributed by atoms with E-state index in [1.165, 1.54) is 18.2 Å². The number of nitro groups is 1. The van der Waals surface area contributed by atoms with E-state index in [1.807, 2.05) is 26.8 Å². The van der Waals surface area contributed by atoms with Crippen LogP contribution in [0.4, 0.5) is 11.4 Å². The second-order valence-electron chi connectivity index (χ2n) is 5.02. The Morgan fingerprint density at radius 3 is 2.59 bits per heavy atom. The van der Waals surface area contributed by atoms with Crippen LogP contribution in [0.3, 0.4) is 0 Å². The molecule has 0 aliphatic rings. The fourth-order valence-electron chi connectivity index (χ4n) is 1.27. The molecule has 1 rings (SSSR count). The van der Waals surface area contributed by atoms with Crippen LogP contribution in [0.2, 0.25) is 0 Å². The number of anilines is 1. The molecule has 0 aliphatic carbocycles. The van der Waals surface area contributed by atoms with Crippen LogP contribution >= 0.6 is 0 Å². The molecule has 0 saturated carbocycles. The lowest BCUT2D eigenvalue weighted by Crippen LogP contribution is -2.19. The Bertz CT molecular complexity index is 470. The van der Waals surface area contributed by atoms with E-state index < -0.39 is 4.92 Å². The van der Waals surface area contributed by atoms with Gasteiger partial charge in [-0.2, -0.15) is 5.26 Å². The molecule has 0 saturated heterocycles. The maximum atomic E-state index is 10.8. The van der Waals surface area contributed by atoms with Gasteiger partial charge in [0.1, 0.15) is 5.69 Å². The first-order valence-corrected chi connectivity index (χ1v) is 5.26. The molecule has 5 heteroatoms. The fourth-order valence-corrected chi connectivity index (χ4v) is 1.27. The molecule has 0 spiro atoms. The minimum atomic E-state index is -0.452. The first-order chi connectivity index (χ1) is 7.83. The number of nitro benzene ring substituents is 1. The largest absolute Gasteiger partial charge is 0.379 e. The van der Waals surface area contributed by atoms with E-state index in [0.717, 1.165) is 0 Å². The van der Waals surface area contributed by atoms with Crippen molar-refractivity contribution in [3.63, 3.8) is 0 Å². The lowest BCUT2D eigenvalue weighted by atomic mass is 9.97. The Hall–Kier alpha value is -2.09. The Balaban J connectivity index is 3.02. The summed E-state index contributed by atoms with van der Waals surface area (Å²) in [5.41, 5.74) is 0.806. The Morgan fingerprint density at radius 2 is 2.12 bits per heavy atom. The first-order valence-electron chi connectivity index (χ1n) is 5.26. The van der Waals surface area contributed by atoms with Crippen LogP contribution in [0, 0.1) is 26.9 Å². The van der Waals surface area contributed by atoms with Crippen molar-refractivity contribution in [1.29, 1.82) is 5.26 Å². The monoisotopic (exact) mass is 233 g/mol. The highest BCUT2D eigenvalue weighted by Crippen LogP contribution is 2.26. The number of hydrogen-bond donors (Lipinski definition) is 1. The molecule has 0 fully saturated rings. The third-order valence-electron chi connectivity index (χ3n) is 2.13. The zero-order chi connectivity index (χ0) is 13.1. The number of benzene rings is 1. The van der Waals surface area contributed by atoms with Gasteiger partial charge in [0.15, 0.2) is 0 Å². The van der Waals surface area contributed by atoms with Crippen LogP contribution < -0.4 is 5.32 Å². The molecule has 5 nitrogen and oxygen atoms in total. The lowest BCUT2D eigenvalue weighted by Gasteiger charge is -2.19. The van der Waals surface area contributed by atoms with Crippen LogP contribution in [-0.2, 0) is 0 Å². The van der Waals surface area contributed by atoms with Gasteiger partial charge in [-0.25, -0.2) is 0 Å². The summed E-state index contributed by atoms with van der Waals surface area (Å²) >= 11 is 0. The molecule has 90 valence electrons. The molecule has 17 heavy (non-hydrogen) atoms. The van der Waals surface area contributed by atoms with Gasteiger partial charge in [0, 0.05) is 12.6 Å². The predicted molar refractivity (Wildman–Crippen MR) is 65.8 cm³/mol. The smallest absolute Gasteiger partial charge is 0.292 e. The SMILES string of the molecule is CC(C)(C)CNc1cc(C#N)ccc1[N+](=O)[O-]. The summed E-state index contributed by atoms with van der Waals surface area (Å²) in [6.45, 7) is 6.68. The van der Waals surface area contributed by atoms with Gasteiger partial charge in [-0.3, -0.25) is 10.1 Å².